The highest BCUT2D eigenvalue weighted by atomic mass is 32.1. The molecule has 0 fully saturated rings. The van der Waals surface area contributed by atoms with Crippen molar-refractivity contribution >= 4 is 40.0 Å². The number of carbonyl (C=O) groups excluding carboxylic acids is 1. The van der Waals surface area contributed by atoms with Crippen LogP contribution in [0.1, 0.15) is 13.8 Å². The highest BCUT2D eigenvalue weighted by Gasteiger charge is 2.09. The first-order valence-electron chi connectivity index (χ1n) is 5.43. The lowest BCUT2D eigenvalue weighted by atomic mass is 10.2. The van der Waals surface area contributed by atoms with E-state index in [0.29, 0.717) is 22.0 Å². The van der Waals surface area contributed by atoms with Gasteiger partial charge in [0.05, 0.1) is 11.3 Å². The Balaban J connectivity index is 2.07. The molecule has 0 atom stereocenters. The molecule has 0 aliphatic heterocycles. The molecule has 0 N–H and O–H groups in total. The van der Waals surface area contributed by atoms with Crippen LogP contribution in [0.25, 0.3) is 10.3 Å². The van der Waals surface area contributed by atoms with Crippen LogP contribution in [0.3, 0.4) is 0 Å². The number of ether oxygens (including phenoxy) is 2. The maximum absolute atomic E-state index is 11.4. The Bertz CT molecular complexity index is 612. The summed E-state index contributed by atoms with van der Waals surface area (Å²) in [5.74, 6) is 0.696. The lowest BCUT2D eigenvalue weighted by molar-refractivity contribution is 0.0886. The lowest BCUT2D eigenvalue weighted by Gasteiger charge is -2.07. The van der Waals surface area contributed by atoms with Crippen LogP contribution in [-0.2, 0) is 4.74 Å². The van der Waals surface area contributed by atoms with Gasteiger partial charge in [-0.1, -0.05) is 25.2 Å². The minimum Gasteiger partial charge on any atom is -0.435 e. The van der Waals surface area contributed by atoms with Crippen molar-refractivity contribution in [2.75, 3.05) is 6.61 Å². The maximum Gasteiger partial charge on any atom is 0.513 e. The summed E-state index contributed by atoms with van der Waals surface area (Å²) < 4.78 is 16.5. The number of hydrogen-bond donors (Lipinski definition) is 0. The number of hydrogen-bond acceptors (Lipinski definition) is 6. The average molecular weight is 284 g/mol. The summed E-state index contributed by atoms with van der Waals surface area (Å²) in [6, 6.07) is 5.06. The first-order chi connectivity index (χ1) is 8.54. The second kappa shape index (κ2) is 5.49. The highest BCUT2D eigenvalue weighted by molar-refractivity contribution is 7.73. The first-order valence-corrected chi connectivity index (χ1v) is 6.65. The molecule has 18 heavy (non-hydrogen) atoms. The van der Waals surface area contributed by atoms with Crippen LogP contribution in [0, 0.1) is 9.94 Å². The predicted molar refractivity (Wildman–Crippen MR) is 71.7 cm³/mol. The van der Waals surface area contributed by atoms with Gasteiger partial charge in [-0.05, 0) is 30.3 Å². The topological polar surface area (TPSA) is 48.7 Å². The Labute approximate surface area is 113 Å². The van der Waals surface area contributed by atoms with Crippen LogP contribution in [0.15, 0.2) is 22.6 Å². The van der Waals surface area contributed by atoms with E-state index in [1.165, 1.54) is 11.3 Å². The van der Waals surface area contributed by atoms with Crippen molar-refractivity contribution in [3.63, 3.8) is 0 Å². The number of rotatable bonds is 3. The van der Waals surface area contributed by atoms with Gasteiger partial charge < -0.3 is 13.9 Å². The first kappa shape index (κ1) is 13.0. The van der Waals surface area contributed by atoms with Gasteiger partial charge in [0.1, 0.15) is 11.3 Å². The van der Waals surface area contributed by atoms with Crippen LogP contribution < -0.4 is 4.74 Å². The van der Waals surface area contributed by atoms with E-state index in [-0.39, 0.29) is 5.92 Å². The van der Waals surface area contributed by atoms with E-state index in [0.717, 1.165) is 4.70 Å². The van der Waals surface area contributed by atoms with Crippen LogP contribution in [-0.4, -0.2) is 12.8 Å². The zero-order chi connectivity index (χ0) is 13.1. The molecule has 0 radical (unpaired) electrons. The van der Waals surface area contributed by atoms with Crippen molar-refractivity contribution in [1.82, 2.24) is 0 Å². The molecular formula is C12H12O4S2. The molecule has 0 amide bonds. The Hall–Kier alpha value is -1.40. The molecule has 2 aromatic rings. The maximum atomic E-state index is 11.4. The van der Waals surface area contributed by atoms with Gasteiger partial charge in [-0.2, -0.15) is 0 Å². The van der Waals surface area contributed by atoms with Gasteiger partial charge in [0.15, 0.2) is 0 Å². The molecule has 6 heteroatoms. The molecule has 1 aromatic carbocycles. The molecule has 4 nitrogen and oxygen atoms in total. The molecule has 1 aromatic heterocycles. The summed E-state index contributed by atoms with van der Waals surface area (Å²) in [6.45, 7) is 4.25. The van der Waals surface area contributed by atoms with E-state index in [4.69, 9.17) is 26.1 Å². The van der Waals surface area contributed by atoms with Crippen molar-refractivity contribution in [3.8, 4) is 5.75 Å². The Kier molecular flexibility index (Phi) is 3.98. The summed E-state index contributed by atoms with van der Waals surface area (Å²) in [7, 11) is 0. The third-order valence-corrected chi connectivity index (χ3v) is 3.16. The second-order valence-corrected chi connectivity index (χ2v) is 5.76. The van der Waals surface area contributed by atoms with E-state index in [2.05, 4.69) is 0 Å². The van der Waals surface area contributed by atoms with E-state index in [1.54, 1.807) is 18.2 Å². The zero-order valence-corrected chi connectivity index (χ0v) is 11.6. The monoisotopic (exact) mass is 284 g/mol. The quantitative estimate of drug-likeness (QED) is 0.475. The largest absolute Gasteiger partial charge is 0.513 e. The minimum absolute atomic E-state index is 0.277. The molecule has 0 saturated heterocycles. The van der Waals surface area contributed by atoms with Crippen LogP contribution in [0.4, 0.5) is 4.79 Å². The summed E-state index contributed by atoms with van der Waals surface area (Å²) >= 11 is 6.26. The molecule has 1 heterocycles. The van der Waals surface area contributed by atoms with Gasteiger partial charge in [0.25, 0.3) is 0 Å². The van der Waals surface area contributed by atoms with Crippen molar-refractivity contribution in [1.29, 1.82) is 0 Å². The average Bonchev–Trinajstić information content (AvgIpc) is 2.66. The highest BCUT2D eigenvalue weighted by Crippen LogP contribution is 2.27. The standard InChI is InChI=1S/C12H12O4S2/c1-7(2)6-14-11(13)15-8-3-4-9-10(5-8)18-12(17)16-9/h3-5,7H,6H2,1-2H3. The van der Waals surface area contributed by atoms with Gasteiger partial charge in [-0.15, -0.1) is 0 Å². The van der Waals surface area contributed by atoms with E-state index < -0.39 is 6.16 Å². The van der Waals surface area contributed by atoms with Crippen molar-refractivity contribution < 1.29 is 18.7 Å². The van der Waals surface area contributed by atoms with Crippen molar-refractivity contribution in [3.05, 3.63) is 22.2 Å². The fourth-order valence-electron chi connectivity index (χ4n) is 1.28. The third-order valence-electron chi connectivity index (χ3n) is 2.04. The molecule has 0 aliphatic rings. The summed E-state index contributed by atoms with van der Waals surface area (Å²) in [6.07, 6.45) is -0.699. The Morgan fingerprint density at radius 3 is 3.00 bits per heavy atom. The number of fused-ring (bicyclic) bond motifs is 1. The predicted octanol–water partition coefficient (Wildman–Crippen LogP) is 4.40. The van der Waals surface area contributed by atoms with Crippen LogP contribution >= 0.6 is 23.6 Å². The van der Waals surface area contributed by atoms with Crippen LogP contribution in [0.2, 0.25) is 0 Å². The zero-order valence-electron chi connectivity index (χ0n) is 9.97. The summed E-state index contributed by atoms with van der Waals surface area (Å²) in [5.41, 5.74) is 0.688. The second-order valence-electron chi connectivity index (χ2n) is 4.12. The van der Waals surface area contributed by atoms with Gasteiger partial charge in [-0.3, -0.25) is 0 Å². The van der Waals surface area contributed by atoms with Crippen molar-refractivity contribution in [2.24, 2.45) is 5.92 Å². The van der Waals surface area contributed by atoms with Gasteiger partial charge in [-0.25, -0.2) is 4.79 Å². The Morgan fingerprint density at radius 2 is 2.28 bits per heavy atom. The summed E-state index contributed by atoms with van der Waals surface area (Å²) in [4.78, 5) is 11.4. The summed E-state index contributed by atoms with van der Waals surface area (Å²) in [5, 5.41) is 0. The van der Waals surface area contributed by atoms with Gasteiger partial charge in [0.2, 0.25) is 4.02 Å². The van der Waals surface area contributed by atoms with E-state index in [9.17, 15) is 4.79 Å². The molecule has 0 unspecified atom stereocenters. The smallest absolute Gasteiger partial charge is 0.435 e. The number of carbonyl (C=O) groups is 1. The SMILES string of the molecule is CC(C)COC(=O)Oc1ccc2oc(=S)sc2c1. The van der Waals surface area contributed by atoms with E-state index in [1.807, 2.05) is 13.8 Å². The Morgan fingerprint density at radius 1 is 1.50 bits per heavy atom. The molecule has 0 bridgehead atoms. The van der Waals surface area contributed by atoms with Gasteiger partial charge >= 0.3 is 6.16 Å². The minimum atomic E-state index is -0.699. The molecule has 96 valence electrons. The lowest BCUT2D eigenvalue weighted by Crippen LogP contribution is -2.14. The fourth-order valence-corrected chi connectivity index (χ4v) is 2.33. The van der Waals surface area contributed by atoms with Crippen LogP contribution in [0.5, 0.6) is 5.75 Å². The molecule has 0 spiro atoms. The van der Waals surface area contributed by atoms with Gasteiger partial charge in [0, 0.05) is 6.07 Å². The van der Waals surface area contributed by atoms with Crippen molar-refractivity contribution in [2.45, 2.75) is 13.8 Å². The molecule has 2 rings (SSSR count). The fraction of sp³-hybridized carbons (Fsp3) is 0.333. The molecule has 0 aliphatic carbocycles. The third kappa shape index (κ3) is 3.30. The normalized spacial score (nSPS) is 10.8. The molecule has 0 saturated carbocycles. The number of benzene rings is 1. The molecular weight excluding hydrogens is 272 g/mol. The van der Waals surface area contributed by atoms with E-state index >= 15 is 0 Å².